The highest BCUT2D eigenvalue weighted by molar-refractivity contribution is 6.05. The molecule has 2 bridgehead atoms. The number of fused-ring (bicyclic) bond motifs is 2. The van der Waals surface area contributed by atoms with Gasteiger partial charge >= 0.3 is 0 Å². The second-order valence-corrected chi connectivity index (χ2v) is 7.77. The summed E-state index contributed by atoms with van der Waals surface area (Å²) in [5.74, 6) is -0.0164. The Labute approximate surface area is 151 Å². The molecule has 3 amide bonds. The van der Waals surface area contributed by atoms with Crippen molar-refractivity contribution < 1.29 is 14.4 Å². The molecule has 7 nitrogen and oxygen atoms in total. The number of hydrogen-bond acceptors (Lipinski definition) is 5. The molecule has 1 saturated carbocycles. The van der Waals surface area contributed by atoms with Crippen molar-refractivity contribution in [2.75, 3.05) is 6.54 Å². The van der Waals surface area contributed by atoms with Crippen LogP contribution in [-0.4, -0.2) is 47.3 Å². The number of hydrogen-bond donors (Lipinski definition) is 3. The molecule has 4 aliphatic heterocycles. The molecular weight excluding hydrogens is 332 g/mol. The minimum Gasteiger partial charge on any atom is -0.322 e. The summed E-state index contributed by atoms with van der Waals surface area (Å²) in [5, 5.41) is 9.44. The first-order chi connectivity index (χ1) is 12.6. The first-order valence-electron chi connectivity index (χ1n) is 9.34. The summed E-state index contributed by atoms with van der Waals surface area (Å²) in [5.41, 5.74) is 2.69. The second kappa shape index (κ2) is 5.89. The van der Waals surface area contributed by atoms with E-state index in [0.717, 1.165) is 23.2 Å². The predicted molar refractivity (Wildman–Crippen MR) is 93.0 cm³/mol. The van der Waals surface area contributed by atoms with Gasteiger partial charge in [-0.25, -0.2) is 0 Å². The SMILES string of the molecule is O=C1CCC(N2Cc3cccc(CN[C@@H]4[C@@H]5CN[C@H]4C5)c3C2=O)C(=O)N1. The van der Waals surface area contributed by atoms with Crippen molar-refractivity contribution in [3.05, 3.63) is 34.9 Å². The fraction of sp³-hybridized carbons (Fsp3) is 0.526. The van der Waals surface area contributed by atoms with Gasteiger partial charge in [0, 0.05) is 37.2 Å². The highest BCUT2D eigenvalue weighted by atomic mass is 16.2. The Hall–Kier alpha value is -2.25. The lowest BCUT2D eigenvalue weighted by molar-refractivity contribution is -0.136. The van der Waals surface area contributed by atoms with Gasteiger partial charge in [-0.15, -0.1) is 0 Å². The lowest BCUT2D eigenvalue weighted by Gasteiger charge is -2.35. The molecule has 1 unspecified atom stereocenters. The minimum atomic E-state index is -0.555. The van der Waals surface area contributed by atoms with Crippen LogP contribution in [0.3, 0.4) is 0 Å². The number of carbonyl (C=O) groups is 3. The maximum Gasteiger partial charge on any atom is 0.255 e. The summed E-state index contributed by atoms with van der Waals surface area (Å²) in [6.45, 7) is 2.18. The van der Waals surface area contributed by atoms with E-state index in [4.69, 9.17) is 0 Å². The van der Waals surface area contributed by atoms with Crippen LogP contribution in [0, 0.1) is 5.92 Å². The van der Waals surface area contributed by atoms with E-state index in [2.05, 4.69) is 16.0 Å². The minimum absolute atomic E-state index is 0.0957. The zero-order valence-corrected chi connectivity index (χ0v) is 14.5. The van der Waals surface area contributed by atoms with Gasteiger partial charge < -0.3 is 15.5 Å². The fourth-order valence-corrected chi connectivity index (χ4v) is 4.85. The van der Waals surface area contributed by atoms with E-state index in [-0.39, 0.29) is 24.1 Å². The summed E-state index contributed by atoms with van der Waals surface area (Å²) in [6.07, 6.45) is 1.92. The summed E-state index contributed by atoms with van der Waals surface area (Å²) in [7, 11) is 0. The van der Waals surface area contributed by atoms with Crippen LogP contribution >= 0.6 is 0 Å². The summed E-state index contributed by atoms with van der Waals surface area (Å²) in [6, 6.07) is 6.43. The van der Waals surface area contributed by atoms with Crippen molar-refractivity contribution in [3.63, 3.8) is 0 Å². The van der Waals surface area contributed by atoms with Crippen LogP contribution in [-0.2, 0) is 22.7 Å². The van der Waals surface area contributed by atoms with Crippen molar-refractivity contribution in [1.29, 1.82) is 0 Å². The van der Waals surface area contributed by atoms with Gasteiger partial charge in [-0.2, -0.15) is 0 Å². The fourth-order valence-electron chi connectivity index (χ4n) is 4.85. The molecule has 0 aromatic heterocycles. The molecule has 5 aliphatic rings. The standard InChI is InChI=1S/C19H22N4O3/c24-15-5-4-14(18(25)22-15)23-9-11-3-1-2-10(16(11)19(23)26)7-21-17-12-6-13(17)20-8-12/h1-3,12-14,17,20-21H,4-9H2,(H,22,24,25)/t12-,13-,14?,17+/m0/s1. The Bertz CT molecular complexity index is 794. The molecule has 4 atom stereocenters. The van der Waals surface area contributed by atoms with Gasteiger partial charge in [0.25, 0.3) is 5.91 Å². The third-order valence-corrected chi connectivity index (χ3v) is 6.31. The zero-order chi connectivity index (χ0) is 17.8. The van der Waals surface area contributed by atoms with E-state index in [1.54, 1.807) is 4.90 Å². The number of imide groups is 1. The monoisotopic (exact) mass is 354 g/mol. The number of nitrogens with one attached hydrogen (secondary N) is 3. The van der Waals surface area contributed by atoms with Gasteiger partial charge in [0.1, 0.15) is 6.04 Å². The summed E-state index contributed by atoms with van der Waals surface area (Å²) < 4.78 is 0. The van der Waals surface area contributed by atoms with Gasteiger partial charge in [-0.1, -0.05) is 18.2 Å². The van der Waals surface area contributed by atoms with Gasteiger partial charge in [-0.3, -0.25) is 19.7 Å². The average molecular weight is 354 g/mol. The van der Waals surface area contributed by atoms with Gasteiger partial charge in [0.15, 0.2) is 0 Å². The molecule has 3 N–H and O–H groups in total. The topological polar surface area (TPSA) is 90.5 Å². The molecule has 4 fully saturated rings. The van der Waals surface area contributed by atoms with E-state index in [0.29, 0.717) is 37.5 Å². The Morgan fingerprint density at radius 1 is 1.23 bits per heavy atom. The van der Waals surface area contributed by atoms with Crippen molar-refractivity contribution in [3.8, 4) is 0 Å². The molecular formula is C19H22N4O3. The van der Waals surface area contributed by atoms with Gasteiger partial charge in [0.05, 0.1) is 0 Å². The highest BCUT2D eigenvalue weighted by Gasteiger charge is 2.46. The molecule has 0 radical (unpaired) electrons. The first kappa shape index (κ1) is 16.0. The maximum atomic E-state index is 13.0. The van der Waals surface area contributed by atoms with E-state index in [1.807, 2.05) is 18.2 Å². The average Bonchev–Trinajstić information content (AvgIpc) is 3.31. The van der Waals surface area contributed by atoms with Crippen LogP contribution in [0.5, 0.6) is 0 Å². The number of nitrogens with zero attached hydrogens (tertiary/aromatic N) is 1. The quantitative estimate of drug-likeness (QED) is 0.657. The molecule has 6 rings (SSSR count). The van der Waals surface area contributed by atoms with E-state index < -0.39 is 6.04 Å². The Morgan fingerprint density at radius 3 is 2.85 bits per heavy atom. The molecule has 7 heteroatoms. The first-order valence-corrected chi connectivity index (χ1v) is 9.34. The highest BCUT2D eigenvalue weighted by Crippen LogP contribution is 2.35. The lowest BCUT2D eigenvalue weighted by Crippen LogP contribution is -2.52. The number of benzene rings is 1. The van der Waals surface area contributed by atoms with Gasteiger partial charge in [0.2, 0.25) is 11.8 Å². The Balaban J connectivity index is 1.34. The van der Waals surface area contributed by atoms with E-state index in [1.165, 1.54) is 6.42 Å². The van der Waals surface area contributed by atoms with Crippen molar-refractivity contribution in [1.82, 2.24) is 20.9 Å². The van der Waals surface area contributed by atoms with Crippen LogP contribution in [0.2, 0.25) is 0 Å². The maximum absolute atomic E-state index is 13.0. The van der Waals surface area contributed by atoms with Crippen molar-refractivity contribution >= 4 is 17.7 Å². The molecule has 1 aromatic rings. The van der Waals surface area contributed by atoms with Crippen LogP contribution in [0.4, 0.5) is 0 Å². The molecule has 3 saturated heterocycles. The zero-order valence-electron chi connectivity index (χ0n) is 14.5. The van der Waals surface area contributed by atoms with Crippen molar-refractivity contribution in [2.24, 2.45) is 5.92 Å². The molecule has 0 spiro atoms. The normalized spacial score (nSPS) is 32.5. The molecule has 1 aliphatic carbocycles. The molecule has 1 aromatic carbocycles. The molecule has 26 heavy (non-hydrogen) atoms. The van der Waals surface area contributed by atoms with Crippen LogP contribution < -0.4 is 16.0 Å². The van der Waals surface area contributed by atoms with Crippen LogP contribution in [0.1, 0.15) is 40.7 Å². The van der Waals surface area contributed by atoms with Crippen molar-refractivity contribution in [2.45, 2.75) is 50.5 Å². The third-order valence-electron chi connectivity index (χ3n) is 6.31. The van der Waals surface area contributed by atoms with E-state index in [9.17, 15) is 14.4 Å². The number of piperidine rings is 1. The predicted octanol–water partition coefficient (Wildman–Crippen LogP) is -0.102. The van der Waals surface area contributed by atoms with Gasteiger partial charge in [-0.05, 0) is 36.4 Å². The Kier molecular flexibility index (Phi) is 3.62. The largest absolute Gasteiger partial charge is 0.322 e. The molecule has 4 heterocycles. The van der Waals surface area contributed by atoms with Crippen LogP contribution in [0.25, 0.3) is 0 Å². The molecule has 136 valence electrons. The number of amides is 3. The second-order valence-electron chi connectivity index (χ2n) is 7.77. The Morgan fingerprint density at radius 2 is 2.12 bits per heavy atom. The smallest absolute Gasteiger partial charge is 0.255 e. The van der Waals surface area contributed by atoms with Crippen LogP contribution in [0.15, 0.2) is 18.2 Å². The number of rotatable bonds is 4. The lowest BCUT2D eigenvalue weighted by atomic mass is 9.80. The summed E-state index contributed by atoms with van der Waals surface area (Å²) in [4.78, 5) is 38.2. The number of carbonyl (C=O) groups excluding carboxylic acids is 3. The summed E-state index contributed by atoms with van der Waals surface area (Å²) >= 11 is 0. The third kappa shape index (κ3) is 2.38. The van der Waals surface area contributed by atoms with E-state index >= 15 is 0 Å².